The predicted molar refractivity (Wildman–Crippen MR) is 134 cm³/mol. The lowest BCUT2D eigenvalue weighted by Gasteiger charge is -2.73. The second kappa shape index (κ2) is 7.22. The number of hydrogen-bond acceptors (Lipinski definition) is 3. The van der Waals surface area contributed by atoms with Crippen molar-refractivity contribution in [3.05, 3.63) is 0 Å². The van der Waals surface area contributed by atoms with Crippen LogP contribution in [0.5, 0.6) is 0 Å². The fourth-order valence-electron chi connectivity index (χ4n) is 11.8. The van der Waals surface area contributed by atoms with Gasteiger partial charge in [-0.15, -0.1) is 0 Å². The van der Waals surface area contributed by atoms with Gasteiger partial charge in [0.25, 0.3) is 0 Å². The molecule has 0 heterocycles. The van der Waals surface area contributed by atoms with Crippen LogP contribution in [0.3, 0.4) is 0 Å². The van der Waals surface area contributed by atoms with Crippen molar-refractivity contribution in [2.75, 3.05) is 6.61 Å². The average Bonchev–Trinajstić information content (AvgIpc) is 3.12. The van der Waals surface area contributed by atoms with Crippen LogP contribution in [0.25, 0.3) is 0 Å². The minimum atomic E-state index is -0.676. The Hall–Kier alpha value is -0.120. The van der Waals surface area contributed by atoms with Gasteiger partial charge in [0.2, 0.25) is 0 Å². The molecule has 3 heteroatoms. The Morgan fingerprint density at radius 1 is 0.758 bits per heavy atom. The summed E-state index contributed by atoms with van der Waals surface area (Å²) in [6.07, 6.45) is 11.5. The molecule has 5 fully saturated rings. The van der Waals surface area contributed by atoms with Crippen LogP contribution in [-0.2, 0) is 0 Å². The summed E-state index contributed by atoms with van der Waals surface area (Å²) in [6, 6.07) is 0. The minimum Gasteiger partial charge on any atom is -0.396 e. The molecular weight excluding hydrogens is 408 g/mol. The lowest BCUT2D eigenvalue weighted by Crippen LogP contribution is -2.67. The molecule has 0 bridgehead atoms. The third kappa shape index (κ3) is 2.97. The van der Waals surface area contributed by atoms with Crippen molar-refractivity contribution in [3.8, 4) is 0 Å². The van der Waals surface area contributed by atoms with Gasteiger partial charge in [-0.2, -0.15) is 0 Å². The molecule has 5 aliphatic rings. The SMILES string of the molecule is CC(C)(O)[C@@H]1CC[C@]2(CO)CC[C@]3(C)[C@H](CC[C@H]4[C@@]5(C)CC[C@H](O)C(C)(C)[C@@H]5CC[C@]43C)[C@@H]12. The maximum absolute atomic E-state index is 11.2. The van der Waals surface area contributed by atoms with Gasteiger partial charge in [0.05, 0.1) is 11.7 Å². The summed E-state index contributed by atoms with van der Waals surface area (Å²) in [4.78, 5) is 0. The van der Waals surface area contributed by atoms with Gasteiger partial charge in [-0.1, -0.05) is 34.6 Å². The first-order valence-electron chi connectivity index (χ1n) is 14.2. The summed E-state index contributed by atoms with van der Waals surface area (Å²) in [6.45, 7) is 16.9. The van der Waals surface area contributed by atoms with Gasteiger partial charge < -0.3 is 15.3 Å². The van der Waals surface area contributed by atoms with Crippen LogP contribution in [0.1, 0.15) is 113 Å². The number of aliphatic hydroxyl groups is 3. The molecule has 3 nitrogen and oxygen atoms in total. The van der Waals surface area contributed by atoms with Gasteiger partial charge in [-0.25, -0.2) is 0 Å². The molecule has 10 atom stereocenters. The first-order valence-corrected chi connectivity index (χ1v) is 14.2. The molecule has 3 N–H and O–H groups in total. The average molecular weight is 461 g/mol. The van der Waals surface area contributed by atoms with Gasteiger partial charge in [0.15, 0.2) is 0 Å². The van der Waals surface area contributed by atoms with Crippen LogP contribution < -0.4 is 0 Å². The summed E-state index contributed by atoms with van der Waals surface area (Å²) in [5.41, 5.74) is 0.221. The second-order valence-corrected chi connectivity index (χ2v) is 15.4. The fraction of sp³-hybridized carbons (Fsp3) is 1.00. The van der Waals surface area contributed by atoms with Gasteiger partial charge in [-0.05, 0) is 135 Å². The van der Waals surface area contributed by atoms with E-state index >= 15 is 0 Å². The third-order valence-electron chi connectivity index (χ3n) is 13.8. The van der Waals surface area contributed by atoms with Crippen LogP contribution in [0, 0.1) is 56.7 Å². The molecule has 0 spiro atoms. The molecule has 0 saturated heterocycles. The smallest absolute Gasteiger partial charge is 0.0622 e. The Morgan fingerprint density at radius 2 is 1.45 bits per heavy atom. The molecule has 5 saturated carbocycles. The number of fused-ring (bicyclic) bond motifs is 7. The minimum absolute atomic E-state index is 0.00213. The molecule has 0 unspecified atom stereocenters. The quantitative estimate of drug-likeness (QED) is 0.460. The van der Waals surface area contributed by atoms with Crippen molar-refractivity contribution >= 4 is 0 Å². The largest absolute Gasteiger partial charge is 0.396 e. The molecule has 33 heavy (non-hydrogen) atoms. The van der Waals surface area contributed by atoms with Crippen LogP contribution in [0.15, 0.2) is 0 Å². The first kappa shape index (κ1) is 24.6. The van der Waals surface area contributed by atoms with Gasteiger partial charge in [0, 0.05) is 6.61 Å². The highest BCUT2D eigenvalue weighted by Crippen LogP contribution is 2.77. The molecule has 0 aliphatic heterocycles. The van der Waals surface area contributed by atoms with E-state index in [1.54, 1.807) is 0 Å². The third-order valence-corrected chi connectivity index (χ3v) is 13.8. The van der Waals surface area contributed by atoms with Crippen LogP contribution in [0.2, 0.25) is 0 Å². The van der Waals surface area contributed by atoms with Crippen molar-refractivity contribution in [2.45, 2.75) is 124 Å². The Morgan fingerprint density at radius 3 is 2.09 bits per heavy atom. The van der Waals surface area contributed by atoms with Crippen LogP contribution in [0.4, 0.5) is 0 Å². The van der Waals surface area contributed by atoms with E-state index in [-0.39, 0.29) is 22.3 Å². The topological polar surface area (TPSA) is 60.7 Å². The summed E-state index contributed by atoms with van der Waals surface area (Å²) >= 11 is 0. The zero-order valence-electron chi connectivity index (χ0n) is 22.6. The predicted octanol–water partition coefficient (Wildman–Crippen LogP) is 6.19. The fourth-order valence-corrected chi connectivity index (χ4v) is 11.8. The van der Waals surface area contributed by atoms with Crippen molar-refractivity contribution in [1.82, 2.24) is 0 Å². The highest BCUT2D eigenvalue weighted by molar-refractivity contribution is 5.20. The maximum Gasteiger partial charge on any atom is 0.0622 e. The Labute approximate surface area is 203 Å². The summed E-state index contributed by atoms with van der Waals surface area (Å²) in [7, 11) is 0. The normalized spacial score (nSPS) is 55.8. The highest BCUT2D eigenvalue weighted by Gasteiger charge is 2.71. The lowest BCUT2D eigenvalue weighted by atomic mass is 9.32. The Kier molecular flexibility index (Phi) is 5.38. The van der Waals surface area contributed by atoms with E-state index in [1.165, 1.54) is 38.5 Å². The molecule has 0 aromatic carbocycles. The van der Waals surface area contributed by atoms with Crippen LogP contribution in [-0.4, -0.2) is 33.6 Å². The molecule has 5 rings (SSSR count). The summed E-state index contributed by atoms with van der Waals surface area (Å²) in [5.74, 6) is 2.64. The van der Waals surface area contributed by atoms with Crippen molar-refractivity contribution in [2.24, 2.45) is 56.7 Å². The van der Waals surface area contributed by atoms with Crippen LogP contribution >= 0.6 is 0 Å². The number of hydrogen-bond donors (Lipinski definition) is 3. The zero-order valence-corrected chi connectivity index (χ0v) is 22.6. The Balaban J connectivity index is 1.55. The van der Waals surface area contributed by atoms with Crippen molar-refractivity contribution < 1.29 is 15.3 Å². The zero-order chi connectivity index (χ0) is 24.2. The molecule has 0 aromatic rings. The molecule has 0 radical (unpaired) electrons. The maximum atomic E-state index is 11.2. The summed E-state index contributed by atoms with van der Waals surface area (Å²) in [5, 5.41) is 32.8. The standard InChI is InChI=1S/C30H52O3/c1-25(2)21-11-14-29(7)22(27(21,5)13-12-23(25)32)9-8-20-24-19(26(3,4)33)10-15-30(24,18-31)17-16-28(20,29)6/h19-24,31-33H,8-18H2,1-7H3/t19-,20-,21+,22+,23+,24-,27+,28-,29-,30-/m1/s1. The Bertz CT molecular complexity index is 784. The number of rotatable bonds is 2. The summed E-state index contributed by atoms with van der Waals surface area (Å²) < 4.78 is 0. The molecular formula is C30H52O3. The first-order chi connectivity index (χ1) is 15.2. The van der Waals surface area contributed by atoms with Crippen molar-refractivity contribution in [1.29, 1.82) is 0 Å². The van der Waals surface area contributed by atoms with E-state index in [0.717, 1.165) is 25.7 Å². The number of aliphatic hydroxyl groups excluding tert-OH is 2. The highest BCUT2D eigenvalue weighted by atomic mass is 16.3. The van der Waals surface area contributed by atoms with Gasteiger partial charge in [0.1, 0.15) is 0 Å². The van der Waals surface area contributed by atoms with E-state index in [4.69, 9.17) is 0 Å². The van der Waals surface area contributed by atoms with Gasteiger partial charge in [-0.3, -0.25) is 0 Å². The van der Waals surface area contributed by atoms with Crippen molar-refractivity contribution in [3.63, 3.8) is 0 Å². The molecule has 190 valence electrons. The van der Waals surface area contributed by atoms with E-state index in [1.807, 2.05) is 13.8 Å². The lowest BCUT2D eigenvalue weighted by molar-refractivity contribution is -0.253. The van der Waals surface area contributed by atoms with E-state index in [2.05, 4.69) is 34.6 Å². The van der Waals surface area contributed by atoms with E-state index in [0.29, 0.717) is 47.0 Å². The molecule has 0 aromatic heterocycles. The van der Waals surface area contributed by atoms with E-state index < -0.39 is 5.60 Å². The monoisotopic (exact) mass is 460 g/mol. The second-order valence-electron chi connectivity index (χ2n) is 15.4. The van der Waals surface area contributed by atoms with E-state index in [9.17, 15) is 15.3 Å². The molecule has 0 amide bonds. The molecule has 5 aliphatic carbocycles. The van der Waals surface area contributed by atoms with Gasteiger partial charge >= 0.3 is 0 Å².